The number of hydrogen-bond acceptors (Lipinski definition) is 2. The van der Waals surface area contributed by atoms with Gasteiger partial charge < -0.3 is 0 Å². The maximum absolute atomic E-state index is 12.7. The van der Waals surface area contributed by atoms with Crippen LogP contribution in [0.25, 0.3) is 0 Å². The number of hydrogen-bond donors (Lipinski definition) is 0. The molecule has 2 nitrogen and oxygen atoms in total. The third-order valence-corrected chi connectivity index (χ3v) is 6.84. The molecule has 0 atom stereocenters. The van der Waals surface area contributed by atoms with Crippen molar-refractivity contribution in [2.75, 3.05) is 0 Å². The Bertz CT molecular complexity index is 651. The van der Waals surface area contributed by atoms with Gasteiger partial charge in [0.1, 0.15) is 0 Å². The summed E-state index contributed by atoms with van der Waals surface area (Å²) < 4.78 is 0. The normalized spacial score (nSPS) is 11.2. The first kappa shape index (κ1) is 16.0. The summed E-state index contributed by atoms with van der Waals surface area (Å²) in [5, 5.41) is 0.376. The number of carbonyl (C=O) groups excluding carboxylic acids is 2. The number of halogens is 2. The predicted octanol–water partition coefficient (Wildman–Crippen LogP) is 4.85. The largest absolute Gasteiger partial charge is 0.299 e. The molecule has 0 radical (unpaired) electrons. The van der Waals surface area contributed by atoms with Crippen molar-refractivity contribution >= 4 is 42.1 Å². The van der Waals surface area contributed by atoms with E-state index < -0.39 is 8.07 Å². The summed E-state index contributed by atoms with van der Waals surface area (Å²) in [4.78, 5) is 25.5. The summed E-state index contributed by atoms with van der Waals surface area (Å²) in [6.07, 6.45) is 0. The molecule has 0 unspecified atom stereocenters. The van der Waals surface area contributed by atoms with E-state index in [2.05, 4.69) is 0 Å². The Morgan fingerprint density at radius 3 is 1.43 bits per heavy atom. The third kappa shape index (κ3) is 3.10. The average molecular weight is 337 g/mol. The van der Waals surface area contributed by atoms with E-state index in [1.54, 1.807) is 61.6 Å². The third-order valence-electron chi connectivity index (χ3n) is 3.37. The molecule has 0 saturated heterocycles. The molecule has 0 N–H and O–H groups in total. The second kappa shape index (κ2) is 6.14. The lowest BCUT2D eigenvalue weighted by molar-refractivity contribution is 0.102. The second-order valence-electron chi connectivity index (χ2n) is 5.24. The zero-order valence-corrected chi connectivity index (χ0v) is 14.2. The van der Waals surface area contributed by atoms with Crippen molar-refractivity contribution in [1.29, 1.82) is 0 Å². The van der Waals surface area contributed by atoms with Crippen LogP contribution in [0.4, 0.5) is 0 Å². The van der Waals surface area contributed by atoms with Gasteiger partial charge in [0.25, 0.3) is 0 Å². The molecule has 0 aliphatic carbocycles. The van der Waals surface area contributed by atoms with E-state index in [0.29, 0.717) is 21.2 Å². The molecule has 0 aliphatic heterocycles. The van der Waals surface area contributed by atoms with E-state index in [9.17, 15) is 9.59 Å². The Morgan fingerprint density at radius 2 is 1.10 bits per heavy atom. The summed E-state index contributed by atoms with van der Waals surface area (Å²) in [6, 6.07) is 13.6. The zero-order chi connectivity index (χ0) is 15.6. The summed E-state index contributed by atoms with van der Waals surface area (Å²) in [7, 11) is -2.90. The van der Waals surface area contributed by atoms with Crippen LogP contribution in [0.1, 0.15) is 20.7 Å². The van der Waals surface area contributed by atoms with Crippen LogP contribution in [-0.4, -0.2) is 18.9 Å². The van der Waals surface area contributed by atoms with Crippen molar-refractivity contribution < 1.29 is 9.59 Å². The zero-order valence-electron chi connectivity index (χ0n) is 11.7. The predicted molar refractivity (Wildman–Crippen MR) is 89.0 cm³/mol. The summed E-state index contributed by atoms with van der Waals surface area (Å²) in [5.74, 6) is 0. The van der Waals surface area contributed by atoms with Gasteiger partial charge in [-0.25, -0.2) is 0 Å². The molecule has 0 saturated carbocycles. The molecular formula is C16H14Cl2O2Si. The van der Waals surface area contributed by atoms with Crippen LogP contribution in [0.2, 0.25) is 23.1 Å². The maximum Gasteiger partial charge on any atom is 0.214 e. The topological polar surface area (TPSA) is 34.1 Å². The van der Waals surface area contributed by atoms with Crippen LogP contribution in [0.15, 0.2) is 48.5 Å². The van der Waals surface area contributed by atoms with Crippen LogP contribution in [-0.2, 0) is 0 Å². The molecule has 2 aromatic carbocycles. The minimum absolute atomic E-state index is 0.182. The highest BCUT2D eigenvalue weighted by Crippen LogP contribution is 2.25. The van der Waals surface area contributed by atoms with Gasteiger partial charge in [0.15, 0.2) is 10.8 Å². The van der Waals surface area contributed by atoms with Crippen molar-refractivity contribution in [1.82, 2.24) is 0 Å². The Balaban J connectivity index is 2.43. The molecule has 0 aliphatic rings. The first-order valence-electron chi connectivity index (χ1n) is 6.44. The molecule has 108 valence electrons. The van der Waals surface area contributed by atoms with Gasteiger partial charge in [-0.15, -0.1) is 0 Å². The van der Waals surface area contributed by atoms with Crippen molar-refractivity contribution in [2.24, 2.45) is 0 Å². The highest BCUT2D eigenvalue weighted by molar-refractivity contribution is 7.26. The SMILES string of the molecule is C[Si](C)(C(=O)c1ccccc1Cl)C(=O)c1ccccc1Cl. The lowest BCUT2D eigenvalue weighted by Crippen LogP contribution is -2.47. The van der Waals surface area contributed by atoms with Crippen LogP contribution in [0.3, 0.4) is 0 Å². The molecule has 0 heterocycles. The number of carbonyl (C=O) groups is 2. The fourth-order valence-electron chi connectivity index (χ4n) is 2.07. The molecule has 0 aromatic heterocycles. The highest BCUT2D eigenvalue weighted by Gasteiger charge is 2.41. The summed E-state index contributed by atoms with van der Waals surface area (Å²) in [5.41, 5.74) is 0.799. The molecular weight excluding hydrogens is 323 g/mol. The molecule has 21 heavy (non-hydrogen) atoms. The Morgan fingerprint density at radius 1 is 0.762 bits per heavy atom. The van der Waals surface area contributed by atoms with Gasteiger partial charge in [0.2, 0.25) is 8.07 Å². The molecule has 0 spiro atoms. The van der Waals surface area contributed by atoms with Crippen LogP contribution in [0.5, 0.6) is 0 Å². The molecule has 0 amide bonds. The van der Waals surface area contributed by atoms with Gasteiger partial charge in [-0.2, -0.15) is 0 Å². The summed E-state index contributed by atoms with van der Waals surface area (Å²) in [6.45, 7) is 3.45. The highest BCUT2D eigenvalue weighted by atomic mass is 35.5. The number of rotatable bonds is 4. The van der Waals surface area contributed by atoms with Gasteiger partial charge in [-0.1, -0.05) is 72.7 Å². The molecule has 5 heteroatoms. The fraction of sp³-hybridized carbons (Fsp3) is 0.125. The van der Waals surface area contributed by atoms with Crippen molar-refractivity contribution in [2.45, 2.75) is 13.1 Å². The molecule has 2 rings (SSSR count). The van der Waals surface area contributed by atoms with E-state index >= 15 is 0 Å². The number of benzene rings is 2. The minimum atomic E-state index is -2.90. The van der Waals surface area contributed by atoms with E-state index in [1.807, 2.05) is 0 Å². The second-order valence-corrected chi connectivity index (χ2v) is 10.2. The quantitative estimate of drug-likeness (QED) is 0.748. The van der Waals surface area contributed by atoms with Crippen LogP contribution < -0.4 is 0 Å². The van der Waals surface area contributed by atoms with Gasteiger partial charge in [0, 0.05) is 11.1 Å². The van der Waals surface area contributed by atoms with Gasteiger partial charge >= 0.3 is 0 Å². The fourth-order valence-corrected chi connectivity index (χ4v) is 4.66. The van der Waals surface area contributed by atoms with Crippen molar-refractivity contribution in [3.8, 4) is 0 Å². The Hall–Kier alpha value is -1.42. The van der Waals surface area contributed by atoms with Crippen molar-refractivity contribution in [3.63, 3.8) is 0 Å². The smallest absolute Gasteiger partial charge is 0.214 e. The van der Waals surface area contributed by atoms with Gasteiger partial charge in [0.05, 0.1) is 10.0 Å². The molecule has 0 fully saturated rings. The van der Waals surface area contributed by atoms with E-state index in [4.69, 9.17) is 23.2 Å². The monoisotopic (exact) mass is 336 g/mol. The van der Waals surface area contributed by atoms with Crippen LogP contribution >= 0.6 is 23.2 Å². The van der Waals surface area contributed by atoms with E-state index in [-0.39, 0.29) is 10.8 Å². The lowest BCUT2D eigenvalue weighted by atomic mass is 10.2. The Kier molecular flexibility index (Phi) is 4.66. The van der Waals surface area contributed by atoms with E-state index in [1.165, 1.54) is 0 Å². The standard InChI is InChI=1S/C16H14Cl2O2Si/c1-21(2,15(19)11-7-3-5-9-13(11)17)16(20)12-8-4-6-10-14(12)18/h3-10H,1-2H3. The maximum atomic E-state index is 12.7. The van der Waals surface area contributed by atoms with E-state index in [0.717, 1.165) is 0 Å². The van der Waals surface area contributed by atoms with Gasteiger partial charge in [-0.05, 0) is 12.1 Å². The van der Waals surface area contributed by atoms with Crippen LogP contribution in [0, 0.1) is 0 Å². The average Bonchev–Trinajstić information content (AvgIpc) is 2.47. The summed E-state index contributed by atoms with van der Waals surface area (Å²) >= 11 is 12.1. The first-order valence-corrected chi connectivity index (χ1v) is 10.2. The minimum Gasteiger partial charge on any atom is -0.299 e. The lowest BCUT2D eigenvalue weighted by Gasteiger charge is -2.20. The molecule has 0 bridgehead atoms. The molecule has 2 aromatic rings. The van der Waals surface area contributed by atoms with Gasteiger partial charge in [-0.3, -0.25) is 9.59 Å². The Labute approximate surface area is 134 Å². The van der Waals surface area contributed by atoms with Crippen molar-refractivity contribution in [3.05, 3.63) is 69.7 Å². The first-order chi connectivity index (χ1) is 9.85.